The van der Waals surface area contributed by atoms with Gasteiger partial charge in [0.2, 0.25) is 5.88 Å². The summed E-state index contributed by atoms with van der Waals surface area (Å²) in [5.41, 5.74) is 1.17. The van der Waals surface area contributed by atoms with Gasteiger partial charge in [0, 0.05) is 25.4 Å². The summed E-state index contributed by atoms with van der Waals surface area (Å²) in [5.74, 6) is 0.676. The number of rotatable bonds is 1. The van der Waals surface area contributed by atoms with Gasteiger partial charge in [0.25, 0.3) is 0 Å². The van der Waals surface area contributed by atoms with E-state index in [0.717, 1.165) is 13.2 Å². The lowest BCUT2D eigenvalue weighted by molar-refractivity contribution is 0.0759. The van der Waals surface area contributed by atoms with Crippen molar-refractivity contribution in [2.75, 3.05) is 33.9 Å². The second-order valence-electron chi connectivity index (χ2n) is 4.65. The minimum Gasteiger partial charge on any atom is -0.481 e. The molecule has 1 fully saturated rings. The van der Waals surface area contributed by atoms with Crippen molar-refractivity contribution >= 4 is 0 Å². The summed E-state index contributed by atoms with van der Waals surface area (Å²) in [7, 11) is 3.75. The third-order valence-electron chi connectivity index (χ3n) is 2.89. The van der Waals surface area contributed by atoms with Crippen LogP contribution >= 0.6 is 0 Å². The van der Waals surface area contributed by atoms with Crippen LogP contribution in [-0.4, -0.2) is 49.8 Å². The molecule has 1 aromatic rings. The lowest BCUT2D eigenvalue weighted by Crippen LogP contribution is -2.20. The second kappa shape index (κ2) is 8.06. The van der Waals surface area contributed by atoms with Gasteiger partial charge in [-0.15, -0.1) is 0 Å². The molecule has 1 aromatic heterocycles. The Morgan fingerprint density at radius 2 is 2.22 bits per heavy atom. The first kappa shape index (κ1) is 14.9. The molecule has 0 spiro atoms. The molecule has 0 radical (unpaired) electrons. The molecular formula is C14H24N2O2. The third kappa shape index (κ3) is 5.98. The highest BCUT2D eigenvalue weighted by molar-refractivity contribution is 5.18. The van der Waals surface area contributed by atoms with Gasteiger partial charge < -0.3 is 14.4 Å². The number of hydrogen-bond acceptors (Lipinski definition) is 4. The van der Waals surface area contributed by atoms with Gasteiger partial charge in [-0.2, -0.15) is 0 Å². The first-order valence-electron chi connectivity index (χ1n) is 6.38. The van der Waals surface area contributed by atoms with E-state index in [1.54, 1.807) is 13.3 Å². The van der Waals surface area contributed by atoms with Crippen molar-refractivity contribution in [1.82, 2.24) is 9.88 Å². The third-order valence-corrected chi connectivity index (χ3v) is 2.89. The Morgan fingerprint density at radius 3 is 2.83 bits per heavy atom. The molecule has 1 aliphatic rings. The minimum atomic E-state index is 0.468. The number of aryl methyl sites for hydroxylation is 1. The predicted octanol–water partition coefficient (Wildman–Crippen LogP) is 2.13. The van der Waals surface area contributed by atoms with Crippen LogP contribution in [-0.2, 0) is 4.74 Å². The van der Waals surface area contributed by atoms with Crippen LogP contribution in [0.3, 0.4) is 0 Å². The summed E-state index contributed by atoms with van der Waals surface area (Å²) in [6.07, 6.45) is 3.37. The van der Waals surface area contributed by atoms with E-state index in [0.29, 0.717) is 12.0 Å². The lowest BCUT2D eigenvalue weighted by Gasteiger charge is -2.09. The Balaban J connectivity index is 0.000000180. The molecule has 0 saturated carbocycles. The van der Waals surface area contributed by atoms with Crippen molar-refractivity contribution in [3.8, 4) is 5.88 Å². The number of hydrogen-bond donors (Lipinski definition) is 0. The molecule has 0 amide bonds. The molecule has 1 aliphatic heterocycles. The molecule has 0 N–H and O–H groups in total. The first-order chi connectivity index (χ1) is 8.61. The van der Waals surface area contributed by atoms with Gasteiger partial charge in [-0.05, 0) is 38.9 Å². The number of likely N-dealkylation sites (N-methyl/N-ethyl adjacent to an activating group) is 1. The summed E-state index contributed by atoms with van der Waals surface area (Å²) in [5, 5.41) is 0. The van der Waals surface area contributed by atoms with Crippen LogP contribution in [0.1, 0.15) is 18.9 Å². The molecule has 2 rings (SSSR count). The maximum atomic E-state index is 5.43. The monoisotopic (exact) mass is 252 g/mol. The van der Waals surface area contributed by atoms with Crippen LogP contribution in [0.5, 0.6) is 5.88 Å². The van der Waals surface area contributed by atoms with Crippen LogP contribution in [0.4, 0.5) is 0 Å². The standard InChI is InChI=1S/C7H15NO.C7H9NO/c1-7-3-4-8(2)5-6-9-7;1-6-3-4-8-7(5-6)9-2/h7H,3-6H2,1-2H3;3-5H,1-2H3. The average molecular weight is 252 g/mol. The van der Waals surface area contributed by atoms with Crippen molar-refractivity contribution in [2.45, 2.75) is 26.4 Å². The molecular weight excluding hydrogens is 228 g/mol. The van der Waals surface area contributed by atoms with Crippen LogP contribution in [0.15, 0.2) is 18.3 Å². The Morgan fingerprint density at radius 1 is 1.44 bits per heavy atom. The SMILES string of the molecule is CC1CCN(C)CCO1.COc1cc(C)ccn1. The summed E-state index contributed by atoms with van der Waals surface area (Å²) in [6, 6.07) is 3.82. The normalized spacial score (nSPS) is 20.6. The second-order valence-corrected chi connectivity index (χ2v) is 4.65. The maximum Gasteiger partial charge on any atom is 0.213 e. The topological polar surface area (TPSA) is 34.6 Å². The summed E-state index contributed by atoms with van der Waals surface area (Å²) >= 11 is 0. The van der Waals surface area contributed by atoms with E-state index in [1.165, 1.54) is 18.5 Å². The number of aromatic nitrogens is 1. The van der Waals surface area contributed by atoms with Crippen LogP contribution < -0.4 is 4.74 Å². The molecule has 102 valence electrons. The Kier molecular flexibility index (Phi) is 6.68. The van der Waals surface area contributed by atoms with Gasteiger partial charge >= 0.3 is 0 Å². The van der Waals surface area contributed by atoms with Gasteiger partial charge in [0.05, 0.1) is 19.8 Å². The predicted molar refractivity (Wildman–Crippen MR) is 73.1 cm³/mol. The smallest absolute Gasteiger partial charge is 0.213 e. The first-order valence-corrected chi connectivity index (χ1v) is 6.38. The molecule has 0 aromatic carbocycles. The quantitative estimate of drug-likeness (QED) is 0.767. The average Bonchev–Trinajstić information content (AvgIpc) is 2.55. The Hall–Kier alpha value is -1.13. The fourth-order valence-electron chi connectivity index (χ4n) is 1.63. The zero-order valence-corrected chi connectivity index (χ0v) is 11.8. The summed E-state index contributed by atoms with van der Waals surface area (Å²) in [6.45, 7) is 7.31. The molecule has 4 nitrogen and oxygen atoms in total. The lowest BCUT2D eigenvalue weighted by atomic mass is 10.3. The van der Waals surface area contributed by atoms with Gasteiger partial charge in [-0.3, -0.25) is 0 Å². The van der Waals surface area contributed by atoms with E-state index in [-0.39, 0.29) is 0 Å². The fourth-order valence-corrected chi connectivity index (χ4v) is 1.63. The van der Waals surface area contributed by atoms with Crippen molar-refractivity contribution in [2.24, 2.45) is 0 Å². The van der Waals surface area contributed by atoms with E-state index >= 15 is 0 Å². The molecule has 18 heavy (non-hydrogen) atoms. The van der Waals surface area contributed by atoms with Crippen molar-refractivity contribution in [3.63, 3.8) is 0 Å². The van der Waals surface area contributed by atoms with Crippen LogP contribution in [0.25, 0.3) is 0 Å². The van der Waals surface area contributed by atoms with E-state index in [2.05, 4.69) is 23.9 Å². The summed E-state index contributed by atoms with van der Waals surface area (Å²) in [4.78, 5) is 6.24. The van der Waals surface area contributed by atoms with Crippen LogP contribution in [0, 0.1) is 6.92 Å². The molecule has 4 heteroatoms. The Labute approximate surface area is 110 Å². The number of ether oxygens (including phenoxy) is 2. The number of nitrogens with zero attached hydrogens (tertiary/aromatic N) is 2. The fraction of sp³-hybridized carbons (Fsp3) is 0.643. The van der Waals surface area contributed by atoms with Gasteiger partial charge in [-0.1, -0.05) is 0 Å². The maximum absolute atomic E-state index is 5.43. The highest BCUT2D eigenvalue weighted by atomic mass is 16.5. The van der Waals surface area contributed by atoms with Crippen molar-refractivity contribution in [3.05, 3.63) is 23.9 Å². The molecule has 1 unspecified atom stereocenters. The zero-order valence-electron chi connectivity index (χ0n) is 11.8. The molecule has 1 saturated heterocycles. The van der Waals surface area contributed by atoms with E-state index in [1.807, 2.05) is 19.1 Å². The number of methoxy groups -OCH3 is 1. The zero-order chi connectivity index (χ0) is 13.4. The Bertz CT molecular complexity index is 334. The van der Waals surface area contributed by atoms with Gasteiger partial charge in [0.15, 0.2) is 0 Å². The van der Waals surface area contributed by atoms with Crippen LogP contribution in [0.2, 0.25) is 0 Å². The molecule has 1 atom stereocenters. The molecule has 2 heterocycles. The van der Waals surface area contributed by atoms with Crippen molar-refractivity contribution in [1.29, 1.82) is 0 Å². The minimum absolute atomic E-state index is 0.468. The van der Waals surface area contributed by atoms with E-state index in [9.17, 15) is 0 Å². The van der Waals surface area contributed by atoms with Crippen molar-refractivity contribution < 1.29 is 9.47 Å². The highest BCUT2D eigenvalue weighted by Gasteiger charge is 2.09. The molecule has 0 bridgehead atoms. The number of pyridine rings is 1. The molecule has 0 aliphatic carbocycles. The van der Waals surface area contributed by atoms with E-state index in [4.69, 9.17) is 9.47 Å². The van der Waals surface area contributed by atoms with Gasteiger partial charge in [0.1, 0.15) is 0 Å². The summed E-state index contributed by atoms with van der Waals surface area (Å²) < 4.78 is 10.3. The van der Waals surface area contributed by atoms with Gasteiger partial charge in [-0.25, -0.2) is 4.98 Å². The largest absolute Gasteiger partial charge is 0.481 e. The highest BCUT2D eigenvalue weighted by Crippen LogP contribution is 2.05. The van der Waals surface area contributed by atoms with E-state index < -0.39 is 0 Å².